The summed E-state index contributed by atoms with van der Waals surface area (Å²) >= 11 is 5.89. The third-order valence-corrected chi connectivity index (χ3v) is 4.14. The third-order valence-electron chi connectivity index (χ3n) is 3.90. The Morgan fingerprint density at radius 2 is 2.23 bits per heavy atom. The monoisotopic (exact) mass is 346 g/mol. The van der Waals surface area contributed by atoms with Gasteiger partial charge in [0.15, 0.2) is 0 Å². The lowest BCUT2D eigenvalue weighted by molar-refractivity contribution is -0.134. The van der Waals surface area contributed by atoms with E-state index in [-0.39, 0.29) is 30.3 Å². The van der Waals surface area contributed by atoms with E-state index in [2.05, 4.69) is 0 Å². The lowest BCUT2D eigenvalue weighted by Gasteiger charge is -2.21. The van der Waals surface area contributed by atoms with Gasteiger partial charge in [0.2, 0.25) is 5.91 Å². The van der Waals surface area contributed by atoms with Gasteiger partial charge in [-0.25, -0.2) is 0 Å². The van der Waals surface area contributed by atoms with Crippen LogP contribution in [0.15, 0.2) is 24.3 Å². The first-order chi connectivity index (χ1) is 10.1. The van der Waals surface area contributed by atoms with Crippen LogP contribution in [-0.2, 0) is 4.79 Å². The molecule has 1 saturated carbocycles. The second kappa shape index (κ2) is 9.23. The molecule has 0 radical (unpaired) electrons. The van der Waals surface area contributed by atoms with Crippen molar-refractivity contribution >= 4 is 29.9 Å². The number of carbonyl (C=O) groups is 1. The number of carbonyl (C=O) groups excluding carboxylic acids is 1. The molecule has 2 N–H and O–H groups in total. The summed E-state index contributed by atoms with van der Waals surface area (Å²) in [5.41, 5.74) is 5.86. The Kier molecular flexibility index (Phi) is 8.01. The molecule has 1 aromatic rings. The van der Waals surface area contributed by atoms with E-state index in [1.807, 2.05) is 25.2 Å². The normalized spacial score (nSPS) is 20.3. The summed E-state index contributed by atoms with van der Waals surface area (Å²) in [6, 6.07) is 7.53. The summed E-state index contributed by atoms with van der Waals surface area (Å²) in [5.74, 6) is 1.09. The van der Waals surface area contributed by atoms with Gasteiger partial charge < -0.3 is 15.4 Å². The molecule has 2 unspecified atom stereocenters. The molecule has 4 nitrogen and oxygen atoms in total. The molecule has 0 bridgehead atoms. The number of nitrogens with zero attached hydrogens (tertiary/aromatic N) is 1. The highest BCUT2D eigenvalue weighted by Gasteiger charge is 2.29. The van der Waals surface area contributed by atoms with Crippen molar-refractivity contribution in [3.05, 3.63) is 29.3 Å². The molecule has 0 heterocycles. The lowest BCUT2D eigenvalue weighted by Crippen LogP contribution is -2.33. The molecule has 1 aliphatic rings. The highest BCUT2D eigenvalue weighted by Crippen LogP contribution is 2.25. The Bertz CT molecular complexity index is 485. The van der Waals surface area contributed by atoms with Crippen molar-refractivity contribution < 1.29 is 9.53 Å². The van der Waals surface area contributed by atoms with E-state index in [1.165, 1.54) is 0 Å². The molecule has 1 aliphatic carbocycles. The number of hydrogen-bond acceptors (Lipinski definition) is 3. The van der Waals surface area contributed by atoms with Gasteiger partial charge in [-0.2, -0.15) is 0 Å². The highest BCUT2D eigenvalue weighted by molar-refractivity contribution is 6.30. The summed E-state index contributed by atoms with van der Waals surface area (Å²) in [6.07, 6.45) is 3.50. The first kappa shape index (κ1) is 19.1. The van der Waals surface area contributed by atoms with Gasteiger partial charge in [-0.3, -0.25) is 4.79 Å². The van der Waals surface area contributed by atoms with E-state index in [0.717, 1.165) is 31.4 Å². The second-order valence-corrected chi connectivity index (χ2v) is 6.13. The van der Waals surface area contributed by atoms with Crippen molar-refractivity contribution in [3.63, 3.8) is 0 Å². The molecular formula is C16H24Cl2N2O2. The molecule has 0 aromatic heterocycles. The van der Waals surface area contributed by atoms with Crippen molar-refractivity contribution in [1.82, 2.24) is 4.90 Å². The fourth-order valence-corrected chi connectivity index (χ4v) is 2.89. The van der Waals surface area contributed by atoms with Crippen LogP contribution in [0.4, 0.5) is 0 Å². The van der Waals surface area contributed by atoms with Gasteiger partial charge in [-0.1, -0.05) is 17.7 Å². The number of benzene rings is 1. The standard InChI is InChI=1S/C16H23ClN2O2.ClH/c1-19(16(20)12-6-7-14(18)10-12)8-3-9-21-15-5-2-4-13(17)11-15;/h2,4-5,11-12,14H,3,6-10,18H2,1H3;1H. The van der Waals surface area contributed by atoms with Crippen molar-refractivity contribution in [2.24, 2.45) is 11.7 Å². The molecule has 22 heavy (non-hydrogen) atoms. The van der Waals surface area contributed by atoms with Crippen molar-refractivity contribution in [2.75, 3.05) is 20.2 Å². The van der Waals surface area contributed by atoms with E-state index in [4.69, 9.17) is 22.1 Å². The van der Waals surface area contributed by atoms with E-state index in [9.17, 15) is 4.79 Å². The zero-order valence-electron chi connectivity index (χ0n) is 12.8. The fourth-order valence-electron chi connectivity index (χ4n) is 2.71. The van der Waals surface area contributed by atoms with Crippen LogP contribution in [0.1, 0.15) is 25.7 Å². The van der Waals surface area contributed by atoms with Crippen molar-refractivity contribution in [3.8, 4) is 5.75 Å². The Morgan fingerprint density at radius 3 is 2.86 bits per heavy atom. The van der Waals surface area contributed by atoms with Crippen LogP contribution >= 0.6 is 24.0 Å². The highest BCUT2D eigenvalue weighted by atomic mass is 35.5. The lowest BCUT2D eigenvalue weighted by atomic mass is 10.1. The number of halogens is 2. The maximum absolute atomic E-state index is 12.2. The van der Waals surface area contributed by atoms with Gasteiger partial charge in [0, 0.05) is 30.6 Å². The van der Waals surface area contributed by atoms with Gasteiger partial charge in [-0.05, 0) is 43.9 Å². The zero-order valence-corrected chi connectivity index (χ0v) is 14.4. The molecule has 1 fully saturated rings. The van der Waals surface area contributed by atoms with Crippen molar-refractivity contribution in [1.29, 1.82) is 0 Å². The number of amides is 1. The van der Waals surface area contributed by atoms with Gasteiger partial charge >= 0.3 is 0 Å². The Labute approximate surface area is 143 Å². The predicted octanol–water partition coefficient (Wildman–Crippen LogP) is 3.12. The topological polar surface area (TPSA) is 55.6 Å². The molecule has 0 spiro atoms. The number of ether oxygens (including phenoxy) is 1. The first-order valence-electron chi connectivity index (χ1n) is 7.45. The maximum Gasteiger partial charge on any atom is 0.225 e. The number of nitrogens with two attached hydrogens (primary N) is 1. The van der Waals surface area contributed by atoms with Crippen molar-refractivity contribution in [2.45, 2.75) is 31.7 Å². The van der Waals surface area contributed by atoms with Crippen LogP contribution in [0.5, 0.6) is 5.75 Å². The average molecular weight is 347 g/mol. The van der Waals surface area contributed by atoms with E-state index in [0.29, 0.717) is 18.2 Å². The average Bonchev–Trinajstić information content (AvgIpc) is 2.89. The molecular weight excluding hydrogens is 323 g/mol. The molecule has 2 rings (SSSR count). The quantitative estimate of drug-likeness (QED) is 0.805. The summed E-state index contributed by atoms with van der Waals surface area (Å²) in [4.78, 5) is 14.0. The maximum atomic E-state index is 12.2. The smallest absolute Gasteiger partial charge is 0.225 e. The van der Waals surface area contributed by atoms with Crippen LogP contribution in [0.2, 0.25) is 5.02 Å². The van der Waals surface area contributed by atoms with Crippen LogP contribution in [0.3, 0.4) is 0 Å². The third kappa shape index (κ3) is 5.67. The zero-order chi connectivity index (χ0) is 15.2. The second-order valence-electron chi connectivity index (χ2n) is 5.69. The summed E-state index contributed by atoms with van der Waals surface area (Å²) in [7, 11) is 1.85. The SMILES string of the molecule is CN(CCCOc1cccc(Cl)c1)C(=O)C1CCC(N)C1.Cl. The van der Waals surface area contributed by atoms with Crippen LogP contribution < -0.4 is 10.5 Å². The Balaban J connectivity index is 0.00000242. The number of hydrogen-bond donors (Lipinski definition) is 1. The van der Waals surface area contributed by atoms with Gasteiger partial charge in [0.25, 0.3) is 0 Å². The summed E-state index contributed by atoms with van der Waals surface area (Å²) in [5, 5.41) is 0.664. The van der Waals surface area contributed by atoms with E-state index >= 15 is 0 Å². The molecule has 124 valence electrons. The molecule has 2 atom stereocenters. The van der Waals surface area contributed by atoms with Gasteiger partial charge in [-0.15, -0.1) is 12.4 Å². The minimum atomic E-state index is 0. The van der Waals surface area contributed by atoms with E-state index < -0.39 is 0 Å². The molecule has 1 amide bonds. The van der Waals surface area contributed by atoms with Crippen LogP contribution in [0.25, 0.3) is 0 Å². The molecule has 0 saturated heterocycles. The van der Waals surface area contributed by atoms with Gasteiger partial charge in [0.05, 0.1) is 6.61 Å². The minimum absolute atomic E-state index is 0. The number of rotatable bonds is 6. The predicted molar refractivity (Wildman–Crippen MR) is 91.8 cm³/mol. The largest absolute Gasteiger partial charge is 0.493 e. The molecule has 1 aromatic carbocycles. The van der Waals surface area contributed by atoms with E-state index in [1.54, 1.807) is 11.0 Å². The molecule has 0 aliphatic heterocycles. The summed E-state index contributed by atoms with van der Waals surface area (Å²) < 4.78 is 5.62. The Morgan fingerprint density at radius 1 is 1.45 bits per heavy atom. The van der Waals surface area contributed by atoms with Gasteiger partial charge in [0.1, 0.15) is 5.75 Å². The fraction of sp³-hybridized carbons (Fsp3) is 0.562. The van der Waals surface area contributed by atoms with Crippen LogP contribution in [0, 0.1) is 5.92 Å². The molecule has 6 heteroatoms. The minimum Gasteiger partial charge on any atom is -0.493 e. The first-order valence-corrected chi connectivity index (χ1v) is 7.83. The van der Waals surface area contributed by atoms with Crippen LogP contribution in [-0.4, -0.2) is 37.0 Å². The Hall–Kier alpha value is -0.970. The summed E-state index contributed by atoms with van der Waals surface area (Å²) in [6.45, 7) is 1.27.